The molecule has 1 aromatic rings. The molecule has 4 heteroatoms. The highest BCUT2D eigenvalue weighted by Gasteiger charge is 2.34. The number of hydrogen-bond acceptors (Lipinski definition) is 3. The fourth-order valence-corrected chi connectivity index (χ4v) is 3.08. The molecule has 0 aliphatic carbocycles. The Morgan fingerprint density at radius 3 is 2.80 bits per heavy atom. The first-order chi connectivity index (χ1) is 9.52. The summed E-state index contributed by atoms with van der Waals surface area (Å²) in [6.07, 6.45) is 1.75. The summed E-state index contributed by atoms with van der Waals surface area (Å²) in [7, 11) is 0. The molecule has 1 fully saturated rings. The van der Waals surface area contributed by atoms with Gasteiger partial charge in [-0.05, 0) is 31.9 Å². The number of carbonyl (C=O) groups excluding carboxylic acids is 1. The van der Waals surface area contributed by atoms with Gasteiger partial charge in [-0.1, -0.05) is 36.8 Å². The number of nitrogens with two attached hydrogens (primary N) is 2. The third-order valence-corrected chi connectivity index (χ3v) is 4.28. The first-order valence-electron chi connectivity index (χ1n) is 7.38. The molecule has 1 saturated heterocycles. The molecule has 3 unspecified atom stereocenters. The van der Waals surface area contributed by atoms with Crippen LogP contribution in [0.5, 0.6) is 0 Å². The van der Waals surface area contributed by atoms with Gasteiger partial charge in [-0.3, -0.25) is 9.69 Å². The highest BCUT2D eigenvalue weighted by Crippen LogP contribution is 2.31. The van der Waals surface area contributed by atoms with Crippen LogP contribution in [0.1, 0.15) is 36.9 Å². The van der Waals surface area contributed by atoms with Crippen molar-refractivity contribution in [3.8, 4) is 0 Å². The largest absolute Gasteiger partial charge is 0.369 e. The molecule has 0 saturated carbocycles. The maximum absolute atomic E-state index is 11.4. The Kier molecular flexibility index (Phi) is 4.78. The Bertz CT molecular complexity index is 475. The van der Waals surface area contributed by atoms with E-state index in [1.165, 1.54) is 11.1 Å². The summed E-state index contributed by atoms with van der Waals surface area (Å²) in [6.45, 7) is 5.81. The zero-order chi connectivity index (χ0) is 14.7. The van der Waals surface area contributed by atoms with E-state index in [1.807, 2.05) is 0 Å². The second-order valence-corrected chi connectivity index (χ2v) is 5.81. The summed E-state index contributed by atoms with van der Waals surface area (Å²) < 4.78 is 0. The molecule has 0 radical (unpaired) electrons. The molecule has 1 aliphatic heterocycles. The van der Waals surface area contributed by atoms with Crippen molar-refractivity contribution >= 4 is 5.91 Å². The minimum atomic E-state index is -0.194. The lowest BCUT2D eigenvalue weighted by atomic mass is 9.95. The second kappa shape index (κ2) is 6.37. The first-order valence-corrected chi connectivity index (χ1v) is 7.38. The molecule has 1 aliphatic rings. The van der Waals surface area contributed by atoms with Crippen molar-refractivity contribution in [1.29, 1.82) is 0 Å². The summed E-state index contributed by atoms with van der Waals surface area (Å²) in [4.78, 5) is 13.7. The van der Waals surface area contributed by atoms with Gasteiger partial charge in [0.1, 0.15) is 0 Å². The minimum absolute atomic E-state index is 0.0358. The van der Waals surface area contributed by atoms with Crippen molar-refractivity contribution in [3.05, 3.63) is 35.4 Å². The van der Waals surface area contributed by atoms with E-state index in [2.05, 4.69) is 43.0 Å². The summed E-state index contributed by atoms with van der Waals surface area (Å²) in [6, 6.07) is 8.73. The van der Waals surface area contributed by atoms with Gasteiger partial charge >= 0.3 is 0 Å². The van der Waals surface area contributed by atoms with Crippen LogP contribution in [0.2, 0.25) is 0 Å². The van der Waals surface area contributed by atoms with Crippen LogP contribution in [0.25, 0.3) is 0 Å². The summed E-state index contributed by atoms with van der Waals surface area (Å²) in [5.74, 6) is -0.230. The lowest BCUT2D eigenvalue weighted by Crippen LogP contribution is -2.40. The number of amides is 1. The van der Waals surface area contributed by atoms with E-state index < -0.39 is 0 Å². The Balaban J connectivity index is 2.23. The van der Waals surface area contributed by atoms with Crippen LogP contribution in [0.4, 0.5) is 0 Å². The Morgan fingerprint density at radius 2 is 2.25 bits per heavy atom. The highest BCUT2D eigenvalue weighted by atomic mass is 16.1. The first kappa shape index (κ1) is 15.0. The van der Waals surface area contributed by atoms with Gasteiger partial charge in [0, 0.05) is 18.6 Å². The van der Waals surface area contributed by atoms with Crippen molar-refractivity contribution in [1.82, 2.24) is 4.90 Å². The topological polar surface area (TPSA) is 72.3 Å². The van der Waals surface area contributed by atoms with E-state index in [-0.39, 0.29) is 23.9 Å². The summed E-state index contributed by atoms with van der Waals surface area (Å²) >= 11 is 0. The summed E-state index contributed by atoms with van der Waals surface area (Å²) in [5.41, 5.74) is 14.3. The number of rotatable bonds is 5. The highest BCUT2D eigenvalue weighted by molar-refractivity contribution is 5.77. The number of aryl methyl sites for hydroxylation is 1. The molecule has 110 valence electrons. The zero-order valence-corrected chi connectivity index (χ0v) is 12.4. The molecule has 1 amide bonds. The van der Waals surface area contributed by atoms with Gasteiger partial charge in [0.05, 0.1) is 5.92 Å². The predicted octanol–water partition coefficient (Wildman–Crippen LogP) is 1.58. The van der Waals surface area contributed by atoms with Crippen LogP contribution in [0.3, 0.4) is 0 Å². The molecule has 4 nitrogen and oxygen atoms in total. The number of likely N-dealkylation sites (tertiary alicyclic amines) is 1. The van der Waals surface area contributed by atoms with Crippen LogP contribution in [-0.2, 0) is 4.79 Å². The fourth-order valence-electron chi connectivity index (χ4n) is 3.08. The standard InChI is InChI=1S/C16H25N3O/c1-3-14(17)15(12-6-4-5-11(2)9-12)19-8-7-13(10-19)16(18)20/h4-6,9,13-15H,3,7-8,10,17H2,1-2H3,(H2,18,20). The van der Waals surface area contributed by atoms with Crippen molar-refractivity contribution in [2.24, 2.45) is 17.4 Å². The molecule has 0 spiro atoms. The third-order valence-electron chi connectivity index (χ3n) is 4.28. The average Bonchev–Trinajstić information content (AvgIpc) is 2.88. The minimum Gasteiger partial charge on any atom is -0.369 e. The van der Waals surface area contributed by atoms with Crippen LogP contribution in [-0.4, -0.2) is 29.9 Å². The number of carbonyl (C=O) groups is 1. The van der Waals surface area contributed by atoms with Crippen LogP contribution in [0.15, 0.2) is 24.3 Å². The van der Waals surface area contributed by atoms with Crippen LogP contribution >= 0.6 is 0 Å². The van der Waals surface area contributed by atoms with Gasteiger partial charge in [-0.25, -0.2) is 0 Å². The second-order valence-electron chi connectivity index (χ2n) is 5.81. The van der Waals surface area contributed by atoms with Gasteiger partial charge in [0.2, 0.25) is 5.91 Å². The Labute approximate surface area is 121 Å². The van der Waals surface area contributed by atoms with Crippen molar-refractivity contribution in [2.45, 2.75) is 38.8 Å². The number of nitrogens with zero attached hydrogens (tertiary/aromatic N) is 1. The van der Waals surface area contributed by atoms with E-state index in [0.717, 1.165) is 25.9 Å². The molecule has 4 N–H and O–H groups in total. The number of primary amides is 1. The maximum atomic E-state index is 11.4. The van der Waals surface area contributed by atoms with Gasteiger partial charge in [0.25, 0.3) is 0 Å². The predicted molar refractivity (Wildman–Crippen MR) is 81.1 cm³/mol. The smallest absolute Gasteiger partial charge is 0.221 e. The lowest BCUT2D eigenvalue weighted by Gasteiger charge is -2.33. The van der Waals surface area contributed by atoms with Crippen LogP contribution in [0, 0.1) is 12.8 Å². The molecule has 20 heavy (non-hydrogen) atoms. The van der Waals surface area contributed by atoms with E-state index >= 15 is 0 Å². The quantitative estimate of drug-likeness (QED) is 0.857. The Morgan fingerprint density at radius 1 is 1.50 bits per heavy atom. The molecule has 2 rings (SSSR count). The van der Waals surface area contributed by atoms with Crippen LogP contribution < -0.4 is 11.5 Å². The lowest BCUT2D eigenvalue weighted by molar-refractivity contribution is -0.121. The van der Waals surface area contributed by atoms with Gasteiger partial charge in [-0.15, -0.1) is 0 Å². The number of benzene rings is 1. The average molecular weight is 275 g/mol. The van der Waals surface area contributed by atoms with E-state index in [1.54, 1.807) is 0 Å². The maximum Gasteiger partial charge on any atom is 0.221 e. The van der Waals surface area contributed by atoms with Gasteiger partial charge < -0.3 is 11.5 Å². The SMILES string of the molecule is CCC(N)C(c1cccc(C)c1)N1CCC(C(N)=O)C1. The van der Waals surface area contributed by atoms with Gasteiger partial charge in [-0.2, -0.15) is 0 Å². The Hall–Kier alpha value is -1.39. The molecule has 0 bridgehead atoms. The summed E-state index contributed by atoms with van der Waals surface area (Å²) in [5, 5.41) is 0. The van der Waals surface area contributed by atoms with Gasteiger partial charge in [0.15, 0.2) is 0 Å². The molecule has 1 aromatic carbocycles. The van der Waals surface area contributed by atoms with Crippen molar-refractivity contribution in [3.63, 3.8) is 0 Å². The normalized spacial score (nSPS) is 22.6. The molecular weight excluding hydrogens is 250 g/mol. The molecule has 1 heterocycles. The molecular formula is C16H25N3O. The molecule has 3 atom stereocenters. The van der Waals surface area contributed by atoms with E-state index in [0.29, 0.717) is 0 Å². The zero-order valence-electron chi connectivity index (χ0n) is 12.4. The third kappa shape index (κ3) is 3.19. The molecule has 0 aromatic heterocycles. The van der Waals surface area contributed by atoms with E-state index in [9.17, 15) is 4.79 Å². The monoisotopic (exact) mass is 275 g/mol. The van der Waals surface area contributed by atoms with Crippen molar-refractivity contribution in [2.75, 3.05) is 13.1 Å². The van der Waals surface area contributed by atoms with E-state index in [4.69, 9.17) is 11.5 Å². The fraction of sp³-hybridized carbons (Fsp3) is 0.562. The van der Waals surface area contributed by atoms with Crippen molar-refractivity contribution < 1.29 is 4.79 Å². The number of hydrogen-bond donors (Lipinski definition) is 2.